The Bertz CT molecular complexity index is 1030. The second kappa shape index (κ2) is 6.96. The second-order valence-electron chi connectivity index (χ2n) is 7.24. The SMILES string of the molecule is CN(Cc1cnn(-c2ccccc2)c1)C(=O)C1(C)Cc2ccccc2C(=O)O1. The van der Waals surface area contributed by atoms with Crippen LogP contribution in [0.4, 0.5) is 0 Å². The number of benzene rings is 2. The number of aromatic nitrogens is 2. The van der Waals surface area contributed by atoms with Gasteiger partial charge in [0.15, 0.2) is 5.60 Å². The molecule has 1 unspecified atom stereocenters. The van der Waals surface area contributed by atoms with Crippen LogP contribution in [0.2, 0.25) is 0 Å². The normalized spacial score (nSPS) is 18.3. The number of hydrogen-bond donors (Lipinski definition) is 0. The first-order valence-electron chi connectivity index (χ1n) is 9.12. The maximum Gasteiger partial charge on any atom is 0.339 e. The van der Waals surface area contributed by atoms with Gasteiger partial charge >= 0.3 is 5.97 Å². The van der Waals surface area contributed by atoms with Crippen molar-refractivity contribution in [2.45, 2.75) is 25.5 Å². The average Bonchev–Trinajstić information content (AvgIpc) is 3.16. The van der Waals surface area contributed by atoms with Gasteiger partial charge < -0.3 is 9.64 Å². The molecule has 0 saturated heterocycles. The van der Waals surface area contributed by atoms with Crippen LogP contribution in [0.1, 0.15) is 28.4 Å². The van der Waals surface area contributed by atoms with Gasteiger partial charge in [-0.1, -0.05) is 36.4 Å². The first-order chi connectivity index (χ1) is 13.5. The summed E-state index contributed by atoms with van der Waals surface area (Å²) in [7, 11) is 1.71. The third kappa shape index (κ3) is 3.29. The number of carbonyl (C=O) groups is 2. The van der Waals surface area contributed by atoms with Gasteiger partial charge in [-0.05, 0) is 30.7 Å². The minimum atomic E-state index is -1.21. The predicted octanol–water partition coefficient (Wildman–Crippen LogP) is 3.00. The molecule has 142 valence electrons. The molecule has 0 aliphatic carbocycles. The summed E-state index contributed by atoms with van der Waals surface area (Å²) in [5, 5.41) is 4.36. The van der Waals surface area contributed by atoms with Crippen molar-refractivity contribution in [3.05, 3.63) is 83.7 Å². The number of cyclic esters (lactones) is 1. The fraction of sp³-hybridized carbons (Fsp3) is 0.227. The molecule has 2 heterocycles. The van der Waals surface area contributed by atoms with E-state index < -0.39 is 11.6 Å². The lowest BCUT2D eigenvalue weighted by molar-refractivity contribution is -0.150. The molecule has 0 bridgehead atoms. The summed E-state index contributed by atoms with van der Waals surface area (Å²) in [6, 6.07) is 17.0. The Morgan fingerprint density at radius 1 is 1.18 bits per heavy atom. The molecule has 1 aromatic heterocycles. The first kappa shape index (κ1) is 18.0. The van der Waals surface area contributed by atoms with E-state index in [1.807, 2.05) is 48.7 Å². The Morgan fingerprint density at radius 2 is 1.89 bits per heavy atom. The Morgan fingerprint density at radius 3 is 2.68 bits per heavy atom. The number of esters is 1. The quantitative estimate of drug-likeness (QED) is 0.658. The maximum absolute atomic E-state index is 13.1. The van der Waals surface area contributed by atoms with Crippen molar-refractivity contribution in [3.63, 3.8) is 0 Å². The van der Waals surface area contributed by atoms with E-state index in [4.69, 9.17) is 4.74 Å². The number of fused-ring (bicyclic) bond motifs is 1. The molecule has 6 nitrogen and oxygen atoms in total. The predicted molar refractivity (Wildman–Crippen MR) is 104 cm³/mol. The summed E-state index contributed by atoms with van der Waals surface area (Å²) in [5.74, 6) is -0.689. The minimum Gasteiger partial charge on any atom is -0.445 e. The van der Waals surface area contributed by atoms with E-state index in [1.54, 1.807) is 41.9 Å². The van der Waals surface area contributed by atoms with Gasteiger partial charge in [-0.15, -0.1) is 0 Å². The molecule has 4 rings (SSSR count). The highest BCUT2D eigenvalue weighted by molar-refractivity contribution is 5.97. The molecule has 0 fully saturated rings. The number of hydrogen-bond acceptors (Lipinski definition) is 4. The number of carbonyl (C=O) groups excluding carboxylic acids is 2. The van der Waals surface area contributed by atoms with Crippen LogP contribution >= 0.6 is 0 Å². The largest absolute Gasteiger partial charge is 0.445 e. The van der Waals surface area contributed by atoms with E-state index >= 15 is 0 Å². The number of rotatable bonds is 4. The van der Waals surface area contributed by atoms with Crippen LogP contribution < -0.4 is 0 Å². The number of ether oxygens (including phenoxy) is 1. The Hall–Kier alpha value is -3.41. The highest BCUT2D eigenvalue weighted by Gasteiger charge is 2.44. The van der Waals surface area contributed by atoms with E-state index in [1.165, 1.54) is 0 Å². The molecule has 28 heavy (non-hydrogen) atoms. The highest BCUT2D eigenvalue weighted by Crippen LogP contribution is 2.29. The number of likely N-dealkylation sites (N-methyl/N-ethyl adjacent to an activating group) is 1. The van der Waals surface area contributed by atoms with E-state index in [2.05, 4.69) is 5.10 Å². The lowest BCUT2D eigenvalue weighted by Gasteiger charge is -2.35. The molecule has 1 amide bonds. The van der Waals surface area contributed by atoms with Gasteiger partial charge in [0.2, 0.25) is 0 Å². The van der Waals surface area contributed by atoms with Crippen LogP contribution in [0.5, 0.6) is 0 Å². The molecule has 1 aliphatic heterocycles. The third-order valence-electron chi connectivity index (χ3n) is 4.96. The van der Waals surface area contributed by atoms with Gasteiger partial charge in [-0.3, -0.25) is 4.79 Å². The molecule has 3 aromatic rings. The van der Waals surface area contributed by atoms with Gasteiger partial charge in [0.05, 0.1) is 17.4 Å². The van der Waals surface area contributed by atoms with Crippen molar-refractivity contribution in [1.29, 1.82) is 0 Å². The lowest BCUT2D eigenvalue weighted by Crippen LogP contribution is -2.51. The zero-order chi connectivity index (χ0) is 19.7. The average molecular weight is 375 g/mol. The van der Waals surface area contributed by atoms with Crippen LogP contribution in [0.15, 0.2) is 67.0 Å². The zero-order valence-corrected chi connectivity index (χ0v) is 15.8. The summed E-state index contributed by atoms with van der Waals surface area (Å²) in [6.07, 6.45) is 3.99. The van der Waals surface area contributed by atoms with E-state index in [9.17, 15) is 9.59 Å². The van der Waals surface area contributed by atoms with Gasteiger partial charge in [-0.25, -0.2) is 9.48 Å². The molecule has 2 aromatic carbocycles. The standard InChI is InChI=1S/C22H21N3O3/c1-22(12-17-8-6-7-11-19(17)20(26)28-22)21(27)24(2)14-16-13-23-25(15-16)18-9-4-3-5-10-18/h3-11,13,15H,12,14H2,1-2H3. The molecule has 1 atom stereocenters. The van der Waals surface area contributed by atoms with Crippen molar-refractivity contribution in [3.8, 4) is 5.69 Å². The van der Waals surface area contributed by atoms with Crippen molar-refractivity contribution in [1.82, 2.24) is 14.7 Å². The summed E-state index contributed by atoms with van der Waals surface area (Å²) in [5.41, 5.74) is 1.99. The minimum absolute atomic E-state index is 0.234. The van der Waals surface area contributed by atoms with E-state index in [-0.39, 0.29) is 5.91 Å². The smallest absolute Gasteiger partial charge is 0.339 e. The van der Waals surface area contributed by atoms with Gasteiger partial charge in [0.25, 0.3) is 5.91 Å². The van der Waals surface area contributed by atoms with Crippen molar-refractivity contribution < 1.29 is 14.3 Å². The Balaban J connectivity index is 1.50. The molecule has 0 spiro atoms. The van der Waals surface area contributed by atoms with Gasteiger partial charge in [0.1, 0.15) is 0 Å². The van der Waals surface area contributed by atoms with Crippen molar-refractivity contribution >= 4 is 11.9 Å². The molecule has 0 saturated carbocycles. The van der Waals surface area contributed by atoms with E-state index in [0.29, 0.717) is 18.5 Å². The molecular formula is C22H21N3O3. The first-order valence-corrected chi connectivity index (χ1v) is 9.12. The van der Waals surface area contributed by atoms with Crippen LogP contribution in [0.25, 0.3) is 5.69 Å². The number of nitrogens with zero attached hydrogens (tertiary/aromatic N) is 3. The molecule has 6 heteroatoms. The highest BCUT2D eigenvalue weighted by atomic mass is 16.6. The summed E-state index contributed by atoms with van der Waals surface area (Å²) >= 11 is 0. The molecular weight excluding hydrogens is 354 g/mol. The van der Waals surface area contributed by atoms with Gasteiger partial charge in [0, 0.05) is 31.8 Å². The monoisotopic (exact) mass is 375 g/mol. The van der Waals surface area contributed by atoms with Crippen molar-refractivity contribution in [2.24, 2.45) is 0 Å². The number of para-hydroxylation sites is 1. The topological polar surface area (TPSA) is 64.4 Å². The molecule has 1 aliphatic rings. The van der Waals surface area contributed by atoms with Crippen molar-refractivity contribution in [2.75, 3.05) is 7.05 Å². The third-order valence-corrected chi connectivity index (χ3v) is 4.96. The maximum atomic E-state index is 13.1. The Kier molecular flexibility index (Phi) is 4.47. The second-order valence-corrected chi connectivity index (χ2v) is 7.24. The van der Waals surface area contributed by atoms with Crippen LogP contribution in [0, 0.1) is 0 Å². The zero-order valence-electron chi connectivity index (χ0n) is 15.8. The fourth-order valence-corrected chi connectivity index (χ4v) is 3.57. The summed E-state index contributed by atoms with van der Waals surface area (Å²) < 4.78 is 7.31. The fourth-order valence-electron chi connectivity index (χ4n) is 3.57. The molecule has 0 N–H and O–H groups in total. The Labute approximate surface area is 163 Å². The van der Waals surface area contributed by atoms with E-state index in [0.717, 1.165) is 16.8 Å². The number of amides is 1. The van der Waals surface area contributed by atoms with Gasteiger partial charge in [-0.2, -0.15) is 5.10 Å². The summed E-state index contributed by atoms with van der Waals surface area (Å²) in [6.45, 7) is 2.05. The summed E-state index contributed by atoms with van der Waals surface area (Å²) in [4.78, 5) is 27.0. The molecule has 0 radical (unpaired) electrons. The lowest BCUT2D eigenvalue weighted by atomic mass is 9.89. The van der Waals surface area contributed by atoms with Crippen LogP contribution in [0.3, 0.4) is 0 Å². The van der Waals surface area contributed by atoms with Crippen LogP contribution in [-0.4, -0.2) is 39.2 Å². The van der Waals surface area contributed by atoms with Crippen LogP contribution in [-0.2, 0) is 22.5 Å².